The van der Waals surface area contributed by atoms with Gasteiger partial charge in [0.05, 0.1) is 20.4 Å². The molecular weight excluding hydrogens is 534 g/mol. The van der Waals surface area contributed by atoms with Gasteiger partial charge < -0.3 is 5.32 Å². The number of para-hydroxylation sites is 1. The summed E-state index contributed by atoms with van der Waals surface area (Å²) < 4.78 is 55.5. The first-order chi connectivity index (χ1) is 17.5. The number of hydrogen-bond acceptors (Lipinski definition) is 5. The molecule has 190 valence electrons. The van der Waals surface area contributed by atoms with E-state index in [2.05, 4.69) is 14.8 Å². The van der Waals surface area contributed by atoms with Crippen molar-refractivity contribution in [3.8, 4) is 0 Å². The molecule has 4 aromatic rings. The standard InChI is InChI=1S/C26H22ClN3O5S2/c1-18-7-12-22(13-8-18)37(34,35)30-21-11-16-25(27)24(17-21)26(31)28-19-9-14-23(15-10-19)36(32,33)29-20-5-3-2-4-6-20/h2-17,29-30H,1H3,(H,28,31). The third kappa shape index (κ3) is 6.48. The van der Waals surface area contributed by atoms with Crippen molar-refractivity contribution in [2.75, 3.05) is 14.8 Å². The van der Waals surface area contributed by atoms with Gasteiger partial charge in [-0.05, 0) is 73.7 Å². The predicted molar refractivity (Wildman–Crippen MR) is 145 cm³/mol. The van der Waals surface area contributed by atoms with Crippen LogP contribution in [0.4, 0.5) is 17.1 Å². The molecule has 0 aromatic heterocycles. The number of sulfonamides is 2. The SMILES string of the molecule is Cc1ccc(S(=O)(=O)Nc2ccc(Cl)c(C(=O)Nc3ccc(S(=O)(=O)Nc4ccccc4)cc3)c2)cc1. The number of carbonyl (C=O) groups excluding carboxylic acids is 1. The predicted octanol–water partition coefficient (Wildman–Crippen LogP) is 5.50. The Bertz CT molecular complexity index is 1640. The second-order valence-corrected chi connectivity index (χ2v) is 11.8. The van der Waals surface area contributed by atoms with Crippen LogP contribution in [0.2, 0.25) is 5.02 Å². The molecule has 0 radical (unpaired) electrons. The van der Waals surface area contributed by atoms with Gasteiger partial charge in [-0.1, -0.05) is 47.5 Å². The summed E-state index contributed by atoms with van der Waals surface area (Å²) in [6.45, 7) is 1.85. The van der Waals surface area contributed by atoms with Crippen LogP contribution in [0.15, 0.2) is 107 Å². The van der Waals surface area contributed by atoms with Gasteiger partial charge in [0.25, 0.3) is 26.0 Å². The van der Waals surface area contributed by atoms with Crippen LogP contribution in [0.3, 0.4) is 0 Å². The molecule has 4 rings (SSSR count). The zero-order chi connectivity index (χ0) is 26.6. The molecule has 0 bridgehead atoms. The van der Waals surface area contributed by atoms with Crippen LogP contribution in [-0.4, -0.2) is 22.7 Å². The molecule has 4 aromatic carbocycles. The molecule has 0 unspecified atom stereocenters. The van der Waals surface area contributed by atoms with Crippen LogP contribution in [-0.2, 0) is 20.0 Å². The highest BCUT2D eigenvalue weighted by Crippen LogP contribution is 2.25. The molecule has 3 N–H and O–H groups in total. The van der Waals surface area contributed by atoms with Crippen LogP contribution in [0.1, 0.15) is 15.9 Å². The van der Waals surface area contributed by atoms with E-state index < -0.39 is 26.0 Å². The summed E-state index contributed by atoms with van der Waals surface area (Å²) in [7, 11) is -7.69. The smallest absolute Gasteiger partial charge is 0.261 e. The van der Waals surface area contributed by atoms with E-state index in [0.717, 1.165) is 5.56 Å². The van der Waals surface area contributed by atoms with E-state index in [0.29, 0.717) is 11.4 Å². The molecule has 0 aliphatic rings. The molecule has 0 aliphatic carbocycles. The Kier molecular flexibility index (Phi) is 7.53. The first-order valence-corrected chi connectivity index (χ1v) is 14.3. The number of halogens is 1. The molecule has 0 spiro atoms. The molecule has 11 heteroatoms. The summed E-state index contributed by atoms with van der Waals surface area (Å²) in [5, 5.41) is 2.75. The van der Waals surface area contributed by atoms with Gasteiger partial charge in [0.2, 0.25) is 0 Å². The van der Waals surface area contributed by atoms with Gasteiger partial charge in [0.15, 0.2) is 0 Å². The second-order valence-electron chi connectivity index (χ2n) is 8.06. The number of rotatable bonds is 8. The monoisotopic (exact) mass is 555 g/mol. The van der Waals surface area contributed by atoms with E-state index in [-0.39, 0.29) is 26.1 Å². The van der Waals surface area contributed by atoms with Gasteiger partial charge in [-0.2, -0.15) is 0 Å². The number of hydrogen-bond donors (Lipinski definition) is 3. The fourth-order valence-electron chi connectivity index (χ4n) is 3.33. The van der Waals surface area contributed by atoms with Crippen molar-refractivity contribution in [2.24, 2.45) is 0 Å². The Balaban J connectivity index is 1.48. The highest BCUT2D eigenvalue weighted by molar-refractivity contribution is 7.93. The van der Waals surface area contributed by atoms with Crippen LogP contribution in [0.5, 0.6) is 0 Å². The van der Waals surface area contributed by atoms with E-state index in [4.69, 9.17) is 11.6 Å². The Morgan fingerprint density at radius 3 is 1.76 bits per heavy atom. The lowest BCUT2D eigenvalue weighted by molar-refractivity contribution is 0.102. The van der Waals surface area contributed by atoms with Gasteiger partial charge in [0, 0.05) is 17.1 Å². The molecule has 0 saturated heterocycles. The minimum absolute atomic E-state index is 0.0138. The fourth-order valence-corrected chi connectivity index (χ4v) is 5.64. The first kappa shape index (κ1) is 26.2. The van der Waals surface area contributed by atoms with E-state index in [1.165, 1.54) is 54.6 Å². The Hall–Kier alpha value is -3.86. The van der Waals surface area contributed by atoms with Gasteiger partial charge in [-0.3, -0.25) is 14.2 Å². The maximum atomic E-state index is 12.9. The van der Waals surface area contributed by atoms with Crippen molar-refractivity contribution in [1.29, 1.82) is 0 Å². The maximum Gasteiger partial charge on any atom is 0.261 e. The molecule has 0 heterocycles. The molecule has 0 fully saturated rings. The maximum absolute atomic E-state index is 12.9. The van der Waals surface area contributed by atoms with Crippen LogP contribution in [0, 0.1) is 6.92 Å². The number of aryl methyl sites for hydroxylation is 1. The molecule has 1 amide bonds. The Morgan fingerprint density at radius 2 is 1.16 bits per heavy atom. The molecule has 8 nitrogen and oxygen atoms in total. The van der Waals surface area contributed by atoms with Crippen LogP contribution >= 0.6 is 11.6 Å². The third-order valence-electron chi connectivity index (χ3n) is 5.24. The van der Waals surface area contributed by atoms with E-state index in [1.807, 2.05) is 6.92 Å². The molecule has 0 saturated carbocycles. The lowest BCUT2D eigenvalue weighted by Gasteiger charge is -2.12. The average Bonchev–Trinajstić information content (AvgIpc) is 2.86. The minimum Gasteiger partial charge on any atom is -0.322 e. The molecule has 0 atom stereocenters. The average molecular weight is 556 g/mol. The van der Waals surface area contributed by atoms with E-state index in [1.54, 1.807) is 42.5 Å². The lowest BCUT2D eigenvalue weighted by Crippen LogP contribution is -2.16. The topological polar surface area (TPSA) is 121 Å². The van der Waals surface area contributed by atoms with Crippen molar-refractivity contribution >= 4 is 54.6 Å². The third-order valence-corrected chi connectivity index (χ3v) is 8.37. The summed E-state index contributed by atoms with van der Waals surface area (Å²) in [4.78, 5) is 13.0. The quantitative estimate of drug-likeness (QED) is 0.265. The number of amides is 1. The summed E-state index contributed by atoms with van der Waals surface area (Å²) >= 11 is 6.20. The fraction of sp³-hybridized carbons (Fsp3) is 0.0385. The van der Waals surface area contributed by atoms with Gasteiger partial charge in [-0.15, -0.1) is 0 Å². The zero-order valence-corrected chi connectivity index (χ0v) is 21.9. The second kappa shape index (κ2) is 10.6. The van der Waals surface area contributed by atoms with Crippen molar-refractivity contribution in [3.63, 3.8) is 0 Å². The normalized spacial score (nSPS) is 11.5. The number of carbonyl (C=O) groups is 1. The van der Waals surface area contributed by atoms with Crippen LogP contribution < -0.4 is 14.8 Å². The number of anilines is 3. The highest BCUT2D eigenvalue weighted by Gasteiger charge is 2.18. The summed E-state index contributed by atoms with van der Waals surface area (Å²) in [5.41, 5.74) is 1.86. The summed E-state index contributed by atoms with van der Waals surface area (Å²) in [6, 6.07) is 24.6. The van der Waals surface area contributed by atoms with Crippen molar-refractivity contribution < 1.29 is 21.6 Å². The molecule has 37 heavy (non-hydrogen) atoms. The Morgan fingerprint density at radius 1 is 0.649 bits per heavy atom. The molecular formula is C26H22ClN3O5S2. The minimum atomic E-state index is -3.87. The molecule has 0 aliphatic heterocycles. The van der Waals surface area contributed by atoms with E-state index >= 15 is 0 Å². The number of nitrogens with one attached hydrogen (secondary N) is 3. The van der Waals surface area contributed by atoms with Crippen molar-refractivity contribution in [2.45, 2.75) is 16.7 Å². The first-order valence-electron chi connectivity index (χ1n) is 10.9. The lowest BCUT2D eigenvalue weighted by atomic mass is 10.2. The summed E-state index contributed by atoms with van der Waals surface area (Å²) in [5.74, 6) is -0.598. The van der Waals surface area contributed by atoms with Gasteiger partial charge in [-0.25, -0.2) is 16.8 Å². The van der Waals surface area contributed by atoms with E-state index in [9.17, 15) is 21.6 Å². The van der Waals surface area contributed by atoms with Gasteiger partial charge in [0.1, 0.15) is 0 Å². The van der Waals surface area contributed by atoms with Gasteiger partial charge >= 0.3 is 0 Å². The zero-order valence-electron chi connectivity index (χ0n) is 19.5. The number of benzene rings is 4. The highest BCUT2D eigenvalue weighted by atomic mass is 35.5. The largest absolute Gasteiger partial charge is 0.322 e. The summed E-state index contributed by atoms with van der Waals surface area (Å²) in [6.07, 6.45) is 0. The van der Waals surface area contributed by atoms with Crippen molar-refractivity contribution in [1.82, 2.24) is 0 Å². The van der Waals surface area contributed by atoms with Crippen LogP contribution in [0.25, 0.3) is 0 Å². The van der Waals surface area contributed by atoms with Crippen molar-refractivity contribution in [3.05, 3.63) is 113 Å². The Labute approximate surface area is 220 Å².